The maximum Gasteiger partial charge on any atom is 0.260 e. The summed E-state index contributed by atoms with van der Waals surface area (Å²) in [5.74, 6) is -0.884. The molecule has 0 unspecified atom stereocenters. The van der Waals surface area contributed by atoms with E-state index in [9.17, 15) is 9.18 Å². The molecule has 2 rings (SSSR count). The molecule has 0 saturated heterocycles. The van der Waals surface area contributed by atoms with Crippen LogP contribution in [0.5, 0.6) is 0 Å². The second kappa shape index (κ2) is 5.09. The van der Waals surface area contributed by atoms with Gasteiger partial charge in [-0.1, -0.05) is 0 Å². The minimum atomic E-state index is -0.627. The highest BCUT2D eigenvalue weighted by atomic mass is 79.9. The van der Waals surface area contributed by atoms with E-state index in [0.29, 0.717) is 5.82 Å². The van der Waals surface area contributed by atoms with Crippen molar-refractivity contribution >= 4 is 33.5 Å². The lowest BCUT2D eigenvalue weighted by molar-refractivity contribution is 0.102. The predicted molar refractivity (Wildman–Crippen MR) is 68.5 cm³/mol. The highest BCUT2D eigenvalue weighted by Gasteiger charge is 2.12. The number of pyridine rings is 2. The normalized spacial score (nSPS) is 10.1. The number of amides is 1. The van der Waals surface area contributed by atoms with E-state index < -0.39 is 11.7 Å². The molecule has 0 spiro atoms. The van der Waals surface area contributed by atoms with E-state index in [1.807, 2.05) is 0 Å². The molecule has 0 atom stereocenters. The van der Waals surface area contributed by atoms with Gasteiger partial charge in [0.05, 0.1) is 11.8 Å². The van der Waals surface area contributed by atoms with Crippen LogP contribution in [0.1, 0.15) is 10.4 Å². The molecule has 92 valence electrons. The van der Waals surface area contributed by atoms with Crippen LogP contribution in [0.15, 0.2) is 35.1 Å². The number of anilines is 2. The monoisotopic (exact) mass is 310 g/mol. The van der Waals surface area contributed by atoms with Crippen molar-refractivity contribution in [1.29, 1.82) is 0 Å². The van der Waals surface area contributed by atoms with Crippen LogP contribution >= 0.6 is 15.9 Å². The van der Waals surface area contributed by atoms with Gasteiger partial charge in [-0.3, -0.25) is 4.79 Å². The number of carbonyl (C=O) groups excluding carboxylic acids is 1. The number of hydrogen-bond donors (Lipinski definition) is 2. The molecule has 0 aliphatic heterocycles. The maximum absolute atomic E-state index is 13.0. The van der Waals surface area contributed by atoms with Crippen molar-refractivity contribution in [2.45, 2.75) is 0 Å². The number of carbonyl (C=O) groups is 1. The Morgan fingerprint density at radius 3 is 2.78 bits per heavy atom. The van der Waals surface area contributed by atoms with Gasteiger partial charge in [0.2, 0.25) is 0 Å². The van der Waals surface area contributed by atoms with Crippen LogP contribution in [0.3, 0.4) is 0 Å². The molecule has 0 aromatic carbocycles. The van der Waals surface area contributed by atoms with E-state index in [4.69, 9.17) is 5.73 Å². The number of nitrogens with one attached hydrogen (secondary N) is 1. The molecule has 0 radical (unpaired) electrons. The number of rotatable bonds is 2. The second-order valence-corrected chi connectivity index (χ2v) is 4.32. The SMILES string of the molecule is Nc1ncc(F)cc1C(=O)Nc1ccc(Br)cn1. The summed E-state index contributed by atoms with van der Waals surface area (Å²) in [4.78, 5) is 19.4. The molecule has 5 nitrogen and oxygen atoms in total. The lowest BCUT2D eigenvalue weighted by atomic mass is 10.2. The Kier molecular flexibility index (Phi) is 3.52. The fourth-order valence-corrected chi connectivity index (χ4v) is 1.50. The molecule has 0 aliphatic rings. The van der Waals surface area contributed by atoms with Crippen LogP contribution in [-0.4, -0.2) is 15.9 Å². The molecule has 2 aromatic rings. The molecule has 0 fully saturated rings. The third-order valence-corrected chi connectivity index (χ3v) is 2.57. The van der Waals surface area contributed by atoms with Gasteiger partial charge in [0.15, 0.2) is 0 Å². The average Bonchev–Trinajstić information content (AvgIpc) is 2.35. The Bertz CT molecular complexity index is 588. The van der Waals surface area contributed by atoms with Crippen LogP contribution < -0.4 is 11.1 Å². The molecule has 0 saturated carbocycles. The summed E-state index contributed by atoms with van der Waals surface area (Å²) in [7, 11) is 0. The lowest BCUT2D eigenvalue weighted by Crippen LogP contribution is -2.16. The fourth-order valence-electron chi connectivity index (χ4n) is 1.27. The summed E-state index contributed by atoms with van der Waals surface area (Å²) < 4.78 is 13.8. The lowest BCUT2D eigenvalue weighted by Gasteiger charge is -2.06. The van der Waals surface area contributed by atoms with Gasteiger partial charge in [-0.15, -0.1) is 0 Å². The zero-order valence-electron chi connectivity index (χ0n) is 9.02. The Labute approximate surface area is 110 Å². The Morgan fingerprint density at radius 1 is 1.33 bits per heavy atom. The first-order valence-electron chi connectivity index (χ1n) is 4.90. The smallest absolute Gasteiger partial charge is 0.260 e. The Morgan fingerprint density at radius 2 is 2.11 bits per heavy atom. The topological polar surface area (TPSA) is 80.9 Å². The molecular weight excluding hydrogens is 303 g/mol. The van der Waals surface area contributed by atoms with Crippen molar-refractivity contribution < 1.29 is 9.18 Å². The molecule has 2 heterocycles. The van der Waals surface area contributed by atoms with E-state index in [2.05, 4.69) is 31.2 Å². The van der Waals surface area contributed by atoms with Gasteiger partial charge >= 0.3 is 0 Å². The van der Waals surface area contributed by atoms with Crippen molar-refractivity contribution in [3.63, 3.8) is 0 Å². The fraction of sp³-hybridized carbons (Fsp3) is 0. The van der Waals surface area contributed by atoms with Crippen molar-refractivity contribution in [3.05, 3.63) is 46.4 Å². The molecular formula is C11H8BrFN4O. The summed E-state index contributed by atoms with van der Waals surface area (Å²) in [6, 6.07) is 4.34. The Balaban J connectivity index is 2.21. The molecule has 2 aromatic heterocycles. The summed E-state index contributed by atoms with van der Waals surface area (Å²) in [6.07, 6.45) is 2.48. The minimum absolute atomic E-state index is 0.0280. The number of nitrogens with zero attached hydrogens (tertiary/aromatic N) is 2. The Hall–Kier alpha value is -2.02. The summed E-state index contributed by atoms with van der Waals surface area (Å²) in [5.41, 5.74) is 5.47. The van der Waals surface area contributed by atoms with Gasteiger partial charge < -0.3 is 11.1 Å². The van der Waals surface area contributed by atoms with Crippen molar-refractivity contribution in [2.24, 2.45) is 0 Å². The van der Waals surface area contributed by atoms with Crippen LogP contribution in [0.4, 0.5) is 16.0 Å². The molecule has 7 heteroatoms. The minimum Gasteiger partial charge on any atom is -0.383 e. The van der Waals surface area contributed by atoms with Crippen LogP contribution in [-0.2, 0) is 0 Å². The van der Waals surface area contributed by atoms with E-state index in [1.165, 1.54) is 6.20 Å². The van der Waals surface area contributed by atoms with Gasteiger partial charge in [-0.2, -0.15) is 0 Å². The molecule has 0 aliphatic carbocycles. The van der Waals surface area contributed by atoms with Gasteiger partial charge in [-0.05, 0) is 34.1 Å². The van der Waals surface area contributed by atoms with Gasteiger partial charge in [0.25, 0.3) is 5.91 Å². The van der Waals surface area contributed by atoms with Crippen molar-refractivity contribution in [1.82, 2.24) is 9.97 Å². The number of nitrogens with two attached hydrogens (primary N) is 1. The zero-order chi connectivity index (χ0) is 13.1. The first kappa shape index (κ1) is 12.4. The van der Waals surface area contributed by atoms with Gasteiger partial charge in [0.1, 0.15) is 17.5 Å². The van der Waals surface area contributed by atoms with Gasteiger partial charge in [0, 0.05) is 10.7 Å². The first-order chi connectivity index (χ1) is 8.56. The predicted octanol–water partition coefficient (Wildman–Crippen LogP) is 2.21. The number of nitrogen functional groups attached to an aromatic ring is 1. The van der Waals surface area contributed by atoms with Crippen molar-refractivity contribution in [3.8, 4) is 0 Å². The second-order valence-electron chi connectivity index (χ2n) is 3.40. The van der Waals surface area contributed by atoms with E-state index in [0.717, 1.165) is 16.7 Å². The van der Waals surface area contributed by atoms with Crippen molar-refractivity contribution in [2.75, 3.05) is 11.1 Å². The third-order valence-electron chi connectivity index (χ3n) is 2.10. The van der Waals surface area contributed by atoms with Crippen LogP contribution in [0.25, 0.3) is 0 Å². The zero-order valence-corrected chi connectivity index (χ0v) is 10.6. The number of halogens is 2. The number of hydrogen-bond acceptors (Lipinski definition) is 4. The third kappa shape index (κ3) is 2.80. The largest absolute Gasteiger partial charge is 0.383 e. The van der Waals surface area contributed by atoms with E-state index in [-0.39, 0.29) is 11.4 Å². The highest BCUT2D eigenvalue weighted by molar-refractivity contribution is 9.10. The summed E-state index contributed by atoms with van der Waals surface area (Å²) in [6.45, 7) is 0. The highest BCUT2D eigenvalue weighted by Crippen LogP contribution is 2.14. The summed E-state index contributed by atoms with van der Waals surface area (Å²) >= 11 is 3.22. The maximum atomic E-state index is 13.0. The first-order valence-corrected chi connectivity index (χ1v) is 5.69. The average molecular weight is 311 g/mol. The van der Waals surface area contributed by atoms with E-state index >= 15 is 0 Å². The van der Waals surface area contributed by atoms with Crippen LogP contribution in [0.2, 0.25) is 0 Å². The quantitative estimate of drug-likeness (QED) is 0.891. The standard InChI is InChI=1S/C11H8BrFN4O/c12-6-1-2-9(15-4-6)17-11(18)8-3-7(13)5-16-10(8)14/h1-5H,(H2,14,16)(H,15,17,18). The molecule has 0 bridgehead atoms. The van der Waals surface area contributed by atoms with Gasteiger partial charge in [-0.25, -0.2) is 14.4 Å². The van der Waals surface area contributed by atoms with E-state index in [1.54, 1.807) is 12.1 Å². The molecule has 18 heavy (non-hydrogen) atoms. The number of aromatic nitrogens is 2. The summed E-state index contributed by atoms with van der Waals surface area (Å²) in [5, 5.41) is 2.50. The molecule has 1 amide bonds. The van der Waals surface area contributed by atoms with Crippen LogP contribution in [0, 0.1) is 5.82 Å². The molecule has 3 N–H and O–H groups in total.